The number of rotatable bonds is 5. The lowest BCUT2D eigenvalue weighted by Crippen LogP contribution is -2.03. The molecule has 3 aromatic carbocycles. The van der Waals surface area contributed by atoms with Gasteiger partial charge >= 0.3 is 0 Å². The number of Topliss-reactive ketones (excluding diaryl/α,β-unsaturated/α-hetero) is 1. The van der Waals surface area contributed by atoms with Gasteiger partial charge < -0.3 is 0 Å². The van der Waals surface area contributed by atoms with Crippen LogP contribution in [0.3, 0.4) is 0 Å². The molecule has 0 N–H and O–H groups in total. The molecule has 3 rings (SSSR count). The minimum atomic E-state index is -3.26. The Labute approximate surface area is 189 Å². The normalized spacial score (nSPS) is 12.0. The van der Waals surface area contributed by atoms with E-state index in [0.717, 1.165) is 22.9 Å². The lowest BCUT2D eigenvalue weighted by atomic mass is 9.93. The highest BCUT2D eigenvalue weighted by Crippen LogP contribution is 2.27. The van der Waals surface area contributed by atoms with Gasteiger partial charge in [0.15, 0.2) is 15.6 Å². The molecular weight excluding hydrogens is 425 g/mol. The van der Waals surface area contributed by atoms with E-state index in [2.05, 4.69) is 4.99 Å². The summed E-state index contributed by atoms with van der Waals surface area (Å²) in [5.74, 6) is -0.242. The van der Waals surface area contributed by atoms with Gasteiger partial charge in [-0.1, -0.05) is 54.6 Å². The van der Waals surface area contributed by atoms with E-state index in [1.165, 1.54) is 31.2 Å². The second-order valence-electron chi connectivity index (χ2n) is 7.19. The van der Waals surface area contributed by atoms with Crippen LogP contribution in [0.25, 0.3) is 11.1 Å². The van der Waals surface area contributed by atoms with E-state index in [1.807, 2.05) is 43.3 Å². The predicted molar refractivity (Wildman–Crippen MR) is 129 cm³/mol. The average molecular weight is 452 g/mol. The van der Waals surface area contributed by atoms with Crippen molar-refractivity contribution in [2.75, 3.05) is 13.3 Å². The standard InChI is InChI=1S/C19H19NO3S.C7H7F/c1-14(21)19(16-7-5-4-6-8-16)18(13-20-2)15-9-11-17(12-10-15)24(3,22)23;1-6-3-2-4-7(8)5-6/h4-13H,1-3H3;2-5H,1H3/b19-18-,20-13?;. The molecule has 0 saturated carbocycles. The monoisotopic (exact) mass is 451 g/mol. The molecule has 0 radical (unpaired) electrons. The minimum absolute atomic E-state index is 0.0803. The first-order valence-electron chi connectivity index (χ1n) is 9.89. The molecule has 0 unspecified atom stereocenters. The Morgan fingerprint density at radius 3 is 1.97 bits per heavy atom. The molecule has 0 aliphatic carbocycles. The van der Waals surface area contributed by atoms with Gasteiger partial charge in [0.1, 0.15) is 5.82 Å². The number of ketones is 1. The molecule has 0 amide bonds. The highest BCUT2D eigenvalue weighted by atomic mass is 32.2. The van der Waals surface area contributed by atoms with Crippen molar-refractivity contribution >= 4 is 33.0 Å². The maximum Gasteiger partial charge on any atom is 0.175 e. The van der Waals surface area contributed by atoms with Gasteiger partial charge in [0.25, 0.3) is 0 Å². The zero-order chi connectivity index (χ0) is 23.7. The summed E-state index contributed by atoms with van der Waals surface area (Å²) in [7, 11) is -1.63. The van der Waals surface area contributed by atoms with Gasteiger partial charge in [0, 0.05) is 30.7 Å². The Kier molecular flexibility index (Phi) is 8.79. The van der Waals surface area contributed by atoms with E-state index in [-0.39, 0.29) is 16.5 Å². The van der Waals surface area contributed by atoms with Gasteiger partial charge in [-0.05, 0) is 54.8 Å². The van der Waals surface area contributed by atoms with Crippen molar-refractivity contribution in [3.05, 3.63) is 101 Å². The quantitative estimate of drug-likeness (QED) is 0.295. The van der Waals surface area contributed by atoms with Gasteiger partial charge in [-0.25, -0.2) is 12.8 Å². The molecule has 0 fully saturated rings. The van der Waals surface area contributed by atoms with Crippen molar-refractivity contribution in [2.24, 2.45) is 4.99 Å². The van der Waals surface area contributed by atoms with Crippen molar-refractivity contribution in [1.82, 2.24) is 0 Å². The van der Waals surface area contributed by atoms with Gasteiger partial charge in [-0.15, -0.1) is 0 Å². The summed E-state index contributed by atoms with van der Waals surface area (Å²) in [5, 5.41) is 0. The number of halogens is 1. The fourth-order valence-electron chi connectivity index (χ4n) is 3.05. The first kappa shape index (κ1) is 24.9. The fourth-order valence-corrected chi connectivity index (χ4v) is 3.68. The van der Waals surface area contributed by atoms with E-state index >= 15 is 0 Å². The summed E-state index contributed by atoms with van der Waals surface area (Å²) < 4.78 is 35.4. The number of aliphatic imine (C=N–C) groups is 1. The van der Waals surface area contributed by atoms with Gasteiger partial charge in [0.2, 0.25) is 0 Å². The van der Waals surface area contributed by atoms with Crippen LogP contribution in [0.15, 0.2) is 88.8 Å². The number of allylic oxidation sites excluding steroid dienone is 2. The Morgan fingerprint density at radius 1 is 0.906 bits per heavy atom. The molecule has 6 heteroatoms. The predicted octanol–water partition coefficient (Wildman–Crippen LogP) is 5.42. The highest BCUT2D eigenvalue weighted by molar-refractivity contribution is 7.90. The molecule has 0 aromatic heterocycles. The first-order valence-corrected chi connectivity index (χ1v) is 11.8. The minimum Gasteiger partial charge on any atom is -0.296 e. The highest BCUT2D eigenvalue weighted by Gasteiger charge is 2.15. The summed E-state index contributed by atoms with van der Waals surface area (Å²) in [6, 6.07) is 22.3. The molecule has 0 saturated heterocycles. The van der Waals surface area contributed by atoms with Gasteiger partial charge in [0.05, 0.1) is 4.90 Å². The number of carbonyl (C=O) groups excluding carboxylic acids is 1. The molecule has 32 heavy (non-hydrogen) atoms. The van der Waals surface area contributed by atoms with Crippen LogP contribution >= 0.6 is 0 Å². The lowest BCUT2D eigenvalue weighted by Gasteiger charge is -2.11. The second-order valence-corrected chi connectivity index (χ2v) is 9.21. The molecule has 0 aliphatic rings. The molecule has 4 nitrogen and oxygen atoms in total. The fraction of sp³-hybridized carbons (Fsp3) is 0.154. The molecule has 166 valence electrons. The second kappa shape index (κ2) is 11.3. The van der Waals surface area contributed by atoms with E-state index in [9.17, 15) is 17.6 Å². The Hall–Kier alpha value is -3.38. The summed E-state index contributed by atoms with van der Waals surface area (Å²) in [6.45, 7) is 3.37. The maximum atomic E-state index is 12.2. The SMILES string of the molecule is CN=C/C(=C(\C(C)=O)c1ccccc1)c1ccc(S(C)(=O)=O)cc1.Cc1cccc(F)c1. The zero-order valence-corrected chi connectivity index (χ0v) is 19.4. The number of benzene rings is 3. The number of sulfone groups is 1. The molecule has 0 spiro atoms. The Balaban J connectivity index is 0.000000380. The van der Waals surface area contributed by atoms with Crippen LogP contribution in [0.4, 0.5) is 4.39 Å². The third-order valence-corrected chi connectivity index (χ3v) is 5.64. The lowest BCUT2D eigenvalue weighted by molar-refractivity contribution is -0.111. The van der Waals surface area contributed by atoms with E-state index in [0.29, 0.717) is 11.1 Å². The molecule has 0 aliphatic heterocycles. The van der Waals surface area contributed by atoms with Crippen molar-refractivity contribution in [2.45, 2.75) is 18.7 Å². The van der Waals surface area contributed by atoms with Crippen LogP contribution in [0, 0.1) is 12.7 Å². The van der Waals surface area contributed by atoms with Crippen LogP contribution in [0.1, 0.15) is 23.6 Å². The number of hydrogen-bond donors (Lipinski definition) is 0. The van der Waals surface area contributed by atoms with Crippen LogP contribution in [-0.4, -0.2) is 33.7 Å². The van der Waals surface area contributed by atoms with E-state index in [4.69, 9.17) is 0 Å². The van der Waals surface area contributed by atoms with Gasteiger partial charge in [-0.3, -0.25) is 9.79 Å². The third kappa shape index (κ3) is 7.10. The number of carbonyl (C=O) groups is 1. The van der Waals surface area contributed by atoms with Crippen molar-refractivity contribution in [3.63, 3.8) is 0 Å². The van der Waals surface area contributed by atoms with Crippen molar-refractivity contribution < 1.29 is 17.6 Å². The summed E-state index contributed by atoms with van der Waals surface area (Å²) >= 11 is 0. The summed E-state index contributed by atoms with van der Waals surface area (Å²) in [6.07, 6.45) is 2.79. The zero-order valence-electron chi connectivity index (χ0n) is 18.5. The van der Waals surface area contributed by atoms with Crippen LogP contribution in [-0.2, 0) is 14.6 Å². The largest absolute Gasteiger partial charge is 0.296 e. The van der Waals surface area contributed by atoms with Gasteiger partial charge in [-0.2, -0.15) is 0 Å². The van der Waals surface area contributed by atoms with Crippen LogP contribution < -0.4 is 0 Å². The maximum absolute atomic E-state index is 12.2. The molecule has 3 aromatic rings. The van der Waals surface area contributed by atoms with Crippen molar-refractivity contribution in [3.8, 4) is 0 Å². The molecule has 0 bridgehead atoms. The van der Waals surface area contributed by atoms with Crippen LogP contribution in [0.2, 0.25) is 0 Å². The summed E-state index contributed by atoms with van der Waals surface area (Å²) in [4.78, 5) is 16.5. The number of hydrogen-bond acceptors (Lipinski definition) is 4. The Bertz CT molecular complexity index is 1210. The first-order chi connectivity index (χ1) is 15.1. The molecule has 0 heterocycles. The molecule has 0 atom stereocenters. The third-order valence-electron chi connectivity index (χ3n) is 4.52. The van der Waals surface area contributed by atoms with Crippen molar-refractivity contribution in [1.29, 1.82) is 0 Å². The van der Waals surface area contributed by atoms with E-state index in [1.54, 1.807) is 31.5 Å². The van der Waals surface area contributed by atoms with Crippen LogP contribution in [0.5, 0.6) is 0 Å². The Morgan fingerprint density at radius 2 is 1.53 bits per heavy atom. The topological polar surface area (TPSA) is 63.6 Å². The number of aryl methyl sites for hydroxylation is 1. The number of nitrogens with zero attached hydrogens (tertiary/aromatic N) is 1. The average Bonchev–Trinajstić information content (AvgIpc) is 2.74. The molecular formula is C26H26FNO3S. The smallest absolute Gasteiger partial charge is 0.175 e. The summed E-state index contributed by atoms with van der Waals surface area (Å²) in [5.41, 5.74) is 3.71. The van der Waals surface area contributed by atoms with E-state index < -0.39 is 9.84 Å².